The zero-order valence-electron chi connectivity index (χ0n) is 16.1. The Morgan fingerprint density at radius 2 is 1.88 bits per heavy atom. The van der Waals surface area contributed by atoms with Gasteiger partial charge in [-0.2, -0.15) is 0 Å². The molecule has 1 aromatic rings. The summed E-state index contributed by atoms with van der Waals surface area (Å²) in [4.78, 5) is 16.4. The van der Waals surface area contributed by atoms with Gasteiger partial charge in [0, 0.05) is 5.69 Å². The van der Waals surface area contributed by atoms with Gasteiger partial charge in [0.05, 0.1) is 5.56 Å². The fourth-order valence-corrected chi connectivity index (χ4v) is 4.65. The lowest BCUT2D eigenvalue weighted by atomic mass is 9.75. The fraction of sp³-hybridized carbons (Fsp3) is 0.650. The summed E-state index contributed by atoms with van der Waals surface area (Å²) in [7, 11) is -1.53. The van der Waals surface area contributed by atoms with Crippen LogP contribution in [0.3, 0.4) is 0 Å². The Morgan fingerprint density at radius 3 is 2.50 bits per heavy atom. The van der Waals surface area contributed by atoms with E-state index in [1.54, 1.807) is 0 Å². The fourth-order valence-electron chi connectivity index (χ4n) is 3.63. The van der Waals surface area contributed by atoms with Crippen LogP contribution in [0.2, 0.25) is 19.6 Å². The van der Waals surface area contributed by atoms with Gasteiger partial charge in [0.15, 0.2) is 0 Å². The number of carbonyl (C=O) groups is 1. The van der Waals surface area contributed by atoms with E-state index in [4.69, 9.17) is 4.74 Å². The molecule has 4 heteroatoms. The molecule has 0 aliphatic heterocycles. The molecule has 1 N–H and O–H groups in total. The normalized spacial score (nSPS) is 24.7. The molecule has 2 rings (SSSR count). The molecule has 0 bridgehead atoms. The lowest BCUT2D eigenvalue weighted by Crippen LogP contribution is -2.36. The molecule has 3 unspecified atom stereocenters. The smallest absolute Gasteiger partial charge is 0.340 e. The third-order valence-electron chi connectivity index (χ3n) is 4.88. The van der Waals surface area contributed by atoms with Crippen LogP contribution in [-0.2, 0) is 4.74 Å². The largest absolute Gasteiger partial charge is 0.458 e. The molecule has 0 aromatic heterocycles. The molecular weight excluding hydrogens is 314 g/mol. The van der Waals surface area contributed by atoms with Crippen LogP contribution in [0.1, 0.15) is 50.4 Å². The number of benzene rings is 1. The number of esters is 1. The van der Waals surface area contributed by atoms with E-state index in [1.165, 1.54) is 6.42 Å². The zero-order valence-corrected chi connectivity index (χ0v) is 17.1. The molecule has 1 aromatic carbocycles. The number of carbonyl (C=O) groups excluding carboxylic acids is 1. The van der Waals surface area contributed by atoms with E-state index in [1.807, 2.05) is 24.3 Å². The van der Waals surface area contributed by atoms with Gasteiger partial charge in [-0.25, -0.2) is 4.79 Å². The average Bonchev–Trinajstić information content (AvgIpc) is 2.45. The van der Waals surface area contributed by atoms with Crippen LogP contribution < -0.4 is 4.98 Å². The van der Waals surface area contributed by atoms with E-state index in [0.29, 0.717) is 23.3 Å². The monoisotopic (exact) mass is 347 g/mol. The van der Waals surface area contributed by atoms with Crippen LogP contribution in [0.25, 0.3) is 0 Å². The van der Waals surface area contributed by atoms with Crippen molar-refractivity contribution >= 4 is 19.9 Å². The molecule has 134 valence electrons. The molecule has 0 saturated heterocycles. The van der Waals surface area contributed by atoms with Crippen LogP contribution in [0.15, 0.2) is 24.3 Å². The Balaban J connectivity index is 2.16. The van der Waals surface area contributed by atoms with Crippen molar-refractivity contribution in [3.63, 3.8) is 0 Å². The van der Waals surface area contributed by atoms with Gasteiger partial charge in [0.2, 0.25) is 0 Å². The molecule has 0 amide bonds. The summed E-state index contributed by atoms with van der Waals surface area (Å²) in [5.41, 5.74) is 1.58. The second kappa shape index (κ2) is 7.73. The highest BCUT2D eigenvalue weighted by atomic mass is 28.3. The van der Waals surface area contributed by atoms with Gasteiger partial charge >= 0.3 is 5.97 Å². The molecule has 1 aliphatic rings. The van der Waals surface area contributed by atoms with Crippen LogP contribution >= 0.6 is 0 Å². The number of ether oxygens (including phenoxy) is 1. The summed E-state index contributed by atoms with van der Waals surface area (Å²) in [6.45, 7) is 13.4. The van der Waals surface area contributed by atoms with Crippen LogP contribution in [-0.4, -0.2) is 20.3 Å². The molecule has 0 radical (unpaired) electrons. The van der Waals surface area contributed by atoms with Gasteiger partial charge in [-0.15, -0.1) is 0 Å². The number of rotatable bonds is 5. The van der Waals surface area contributed by atoms with E-state index < -0.39 is 8.24 Å². The maximum Gasteiger partial charge on any atom is 0.340 e. The molecule has 1 saturated carbocycles. The minimum atomic E-state index is -1.53. The standard InChI is InChI=1S/C20H33NO2Si/c1-14(2)16-12-11-15(3)13-19(16)23-20(22)17-9-7-8-10-18(17)21-24(4,5)6/h7-10,14-16,19,21H,11-13H2,1-6H3. The SMILES string of the molecule is CC1CCC(C(C)C)C(OC(=O)c2ccccc2N[Si](C)(C)C)C1. The van der Waals surface area contributed by atoms with Crippen LogP contribution in [0.5, 0.6) is 0 Å². The lowest BCUT2D eigenvalue weighted by molar-refractivity contribution is -0.0173. The Morgan fingerprint density at radius 1 is 1.21 bits per heavy atom. The molecule has 0 heterocycles. The first-order valence-electron chi connectivity index (χ1n) is 9.25. The Kier molecular flexibility index (Phi) is 6.13. The van der Waals surface area contributed by atoms with Crippen molar-refractivity contribution in [1.82, 2.24) is 0 Å². The first kappa shape index (κ1) is 19.0. The number of para-hydroxylation sites is 1. The highest BCUT2D eigenvalue weighted by molar-refractivity contribution is 6.79. The quantitative estimate of drug-likeness (QED) is 0.560. The first-order chi connectivity index (χ1) is 11.2. The van der Waals surface area contributed by atoms with Crippen LogP contribution in [0, 0.1) is 17.8 Å². The Labute approximate surface area is 148 Å². The highest BCUT2D eigenvalue weighted by Gasteiger charge is 2.34. The number of nitrogens with one attached hydrogen (secondary N) is 1. The molecule has 3 nitrogen and oxygen atoms in total. The zero-order chi connectivity index (χ0) is 17.9. The first-order valence-corrected chi connectivity index (χ1v) is 12.8. The second-order valence-electron chi connectivity index (χ2n) is 8.69. The summed E-state index contributed by atoms with van der Waals surface area (Å²) >= 11 is 0. The summed E-state index contributed by atoms with van der Waals surface area (Å²) in [6, 6.07) is 7.74. The maximum absolute atomic E-state index is 12.8. The molecule has 1 aliphatic carbocycles. The topological polar surface area (TPSA) is 38.3 Å². The summed E-state index contributed by atoms with van der Waals surface area (Å²) in [5.74, 6) is 1.47. The summed E-state index contributed by atoms with van der Waals surface area (Å²) < 4.78 is 6.01. The Hall–Kier alpha value is -1.29. The summed E-state index contributed by atoms with van der Waals surface area (Å²) in [6.07, 6.45) is 3.43. The van der Waals surface area contributed by atoms with Crippen molar-refractivity contribution in [3.8, 4) is 0 Å². The van der Waals surface area contributed by atoms with Crippen molar-refractivity contribution < 1.29 is 9.53 Å². The maximum atomic E-state index is 12.8. The van der Waals surface area contributed by atoms with E-state index in [2.05, 4.69) is 45.4 Å². The minimum Gasteiger partial charge on any atom is -0.458 e. The van der Waals surface area contributed by atoms with Gasteiger partial charge in [-0.05, 0) is 42.7 Å². The lowest BCUT2D eigenvalue weighted by Gasteiger charge is -2.36. The van der Waals surface area contributed by atoms with Crippen LogP contribution in [0.4, 0.5) is 5.69 Å². The third-order valence-corrected chi connectivity index (χ3v) is 5.90. The van der Waals surface area contributed by atoms with Crippen molar-refractivity contribution in [2.45, 2.75) is 65.8 Å². The molecule has 1 fully saturated rings. The predicted octanol–water partition coefficient (Wildman–Crippen LogP) is 5.55. The van der Waals surface area contributed by atoms with E-state index in [-0.39, 0.29) is 12.1 Å². The van der Waals surface area contributed by atoms with Gasteiger partial charge < -0.3 is 9.72 Å². The second-order valence-corrected chi connectivity index (χ2v) is 13.4. The van der Waals surface area contributed by atoms with Gasteiger partial charge in [0.25, 0.3) is 0 Å². The number of anilines is 1. The summed E-state index contributed by atoms with van der Waals surface area (Å²) in [5, 5.41) is 0. The van der Waals surface area contributed by atoms with E-state index in [9.17, 15) is 4.79 Å². The van der Waals surface area contributed by atoms with Crippen molar-refractivity contribution in [3.05, 3.63) is 29.8 Å². The molecular formula is C20H33NO2Si. The number of hydrogen-bond acceptors (Lipinski definition) is 3. The number of hydrogen-bond donors (Lipinski definition) is 1. The van der Waals surface area contributed by atoms with Crippen molar-refractivity contribution in [2.24, 2.45) is 17.8 Å². The molecule has 24 heavy (non-hydrogen) atoms. The van der Waals surface area contributed by atoms with Gasteiger partial charge in [0.1, 0.15) is 14.3 Å². The van der Waals surface area contributed by atoms with Gasteiger partial charge in [-0.3, -0.25) is 0 Å². The third kappa shape index (κ3) is 5.10. The van der Waals surface area contributed by atoms with Crippen molar-refractivity contribution in [2.75, 3.05) is 4.98 Å². The average molecular weight is 348 g/mol. The minimum absolute atomic E-state index is 0.0428. The van der Waals surface area contributed by atoms with Crippen molar-refractivity contribution in [1.29, 1.82) is 0 Å². The van der Waals surface area contributed by atoms with Gasteiger partial charge in [-0.1, -0.05) is 59.0 Å². The van der Waals surface area contributed by atoms with E-state index in [0.717, 1.165) is 18.5 Å². The molecule has 3 atom stereocenters. The molecule has 0 spiro atoms. The highest BCUT2D eigenvalue weighted by Crippen LogP contribution is 2.36. The Bertz CT molecular complexity index is 565. The van der Waals surface area contributed by atoms with E-state index >= 15 is 0 Å². The predicted molar refractivity (Wildman–Crippen MR) is 104 cm³/mol.